The smallest absolute Gasteiger partial charge is 0.153 e. The molecule has 0 aliphatic carbocycles. The van der Waals surface area contributed by atoms with Crippen LogP contribution in [-0.2, 0) is 0 Å². The fourth-order valence-electron chi connectivity index (χ4n) is 2.20. The van der Waals surface area contributed by atoms with Crippen molar-refractivity contribution in [3.05, 3.63) is 35.9 Å². The number of ether oxygens (including phenoxy) is 2. The molecule has 0 saturated carbocycles. The van der Waals surface area contributed by atoms with Gasteiger partial charge in [0.1, 0.15) is 22.7 Å². The second-order valence-corrected chi connectivity index (χ2v) is 7.45. The van der Waals surface area contributed by atoms with Gasteiger partial charge in [0.15, 0.2) is 6.29 Å². The number of carbonyl (C=O) groups excluding carboxylic acids is 1. The predicted molar refractivity (Wildman–Crippen MR) is 90.1 cm³/mol. The van der Waals surface area contributed by atoms with E-state index in [1.54, 1.807) is 0 Å². The summed E-state index contributed by atoms with van der Waals surface area (Å²) in [7, 11) is 0. The summed E-state index contributed by atoms with van der Waals surface area (Å²) in [5.41, 5.74) is -0.0488. The first-order valence-electron chi connectivity index (χ1n) is 7.48. The largest absolute Gasteiger partial charge is 0.488 e. The lowest BCUT2D eigenvalue weighted by molar-refractivity contribution is 0.109. The number of hydrogen-bond donors (Lipinski definition) is 0. The minimum absolute atomic E-state index is 0.254. The number of carbonyl (C=O) groups is 1. The van der Waals surface area contributed by atoms with Gasteiger partial charge in [-0.2, -0.15) is 0 Å². The third-order valence-corrected chi connectivity index (χ3v) is 2.91. The molecule has 0 atom stereocenters. The SMILES string of the molecule is CC(C)(C)Oc1ccc2cc(OC(C)(C)C)c(C=O)cc2c1. The van der Waals surface area contributed by atoms with Gasteiger partial charge in [-0.3, -0.25) is 4.79 Å². The molecule has 3 heteroatoms. The van der Waals surface area contributed by atoms with Crippen molar-refractivity contribution in [1.29, 1.82) is 0 Å². The van der Waals surface area contributed by atoms with Gasteiger partial charge in [-0.05, 0) is 76.6 Å². The van der Waals surface area contributed by atoms with Gasteiger partial charge in [0.25, 0.3) is 0 Å². The molecule has 0 saturated heterocycles. The lowest BCUT2D eigenvalue weighted by atomic mass is 10.0. The van der Waals surface area contributed by atoms with E-state index in [1.165, 1.54) is 0 Å². The third kappa shape index (κ3) is 4.23. The Labute approximate surface area is 132 Å². The van der Waals surface area contributed by atoms with Gasteiger partial charge in [0.2, 0.25) is 0 Å². The van der Waals surface area contributed by atoms with Crippen LogP contribution in [0, 0.1) is 0 Å². The molecule has 22 heavy (non-hydrogen) atoms. The molecule has 2 rings (SSSR count). The topological polar surface area (TPSA) is 35.5 Å². The Morgan fingerprint density at radius 1 is 0.818 bits per heavy atom. The first-order valence-corrected chi connectivity index (χ1v) is 7.48. The maximum atomic E-state index is 11.4. The molecule has 0 fully saturated rings. The van der Waals surface area contributed by atoms with Crippen LogP contribution in [0.15, 0.2) is 30.3 Å². The summed E-state index contributed by atoms with van der Waals surface area (Å²) in [6.45, 7) is 11.9. The Morgan fingerprint density at radius 2 is 1.45 bits per heavy atom. The molecule has 0 aliphatic rings. The van der Waals surface area contributed by atoms with Gasteiger partial charge in [0, 0.05) is 0 Å². The number of fused-ring (bicyclic) bond motifs is 1. The predicted octanol–water partition coefficient (Wildman–Crippen LogP) is 5.01. The normalized spacial score (nSPS) is 12.3. The Balaban J connectivity index is 2.47. The van der Waals surface area contributed by atoms with Gasteiger partial charge in [0.05, 0.1) is 5.56 Å². The second kappa shape index (κ2) is 5.64. The van der Waals surface area contributed by atoms with Crippen LogP contribution in [0.5, 0.6) is 11.5 Å². The Morgan fingerprint density at radius 3 is 2.00 bits per heavy atom. The molecule has 0 aromatic heterocycles. The van der Waals surface area contributed by atoms with Crippen LogP contribution in [0.3, 0.4) is 0 Å². The summed E-state index contributed by atoms with van der Waals surface area (Å²) in [5.74, 6) is 1.40. The van der Waals surface area contributed by atoms with E-state index in [4.69, 9.17) is 9.47 Å². The molecule has 0 N–H and O–H groups in total. The van der Waals surface area contributed by atoms with Crippen molar-refractivity contribution in [2.24, 2.45) is 0 Å². The number of rotatable bonds is 3. The zero-order valence-electron chi connectivity index (χ0n) is 14.2. The van der Waals surface area contributed by atoms with E-state index in [1.807, 2.05) is 71.9 Å². The fraction of sp³-hybridized carbons (Fsp3) is 0.421. The van der Waals surface area contributed by atoms with Crippen LogP contribution in [-0.4, -0.2) is 17.5 Å². The molecule has 0 bridgehead atoms. The van der Waals surface area contributed by atoms with Crippen LogP contribution in [0.2, 0.25) is 0 Å². The van der Waals surface area contributed by atoms with Gasteiger partial charge in [-0.15, -0.1) is 0 Å². The van der Waals surface area contributed by atoms with E-state index in [2.05, 4.69) is 0 Å². The lowest BCUT2D eigenvalue weighted by Gasteiger charge is -2.23. The summed E-state index contributed by atoms with van der Waals surface area (Å²) >= 11 is 0. The number of benzene rings is 2. The summed E-state index contributed by atoms with van der Waals surface area (Å²) in [4.78, 5) is 11.4. The van der Waals surface area contributed by atoms with Crippen molar-refractivity contribution in [3.63, 3.8) is 0 Å². The van der Waals surface area contributed by atoms with Crippen molar-refractivity contribution in [3.8, 4) is 11.5 Å². The summed E-state index contributed by atoms with van der Waals surface area (Å²) < 4.78 is 11.8. The molecule has 0 radical (unpaired) electrons. The highest BCUT2D eigenvalue weighted by Gasteiger charge is 2.16. The van der Waals surface area contributed by atoms with E-state index in [0.717, 1.165) is 22.8 Å². The molecule has 2 aromatic rings. The van der Waals surface area contributed by atoms with E-state index in [0.29, 0.717) is 11.3 Å². The van der Waals surface area contributed by atoms with Crippen molar-refractivity contribution in [2.45, 2.75) is 52.7 Å². The average molecular weight is 300 g/mol. The second-order valence-electron chi connectivity index (χ2n) is 7.45. The maximum absolute atomic E-state index is 11.4. The van der Waals surface area contributed by atoms with Crippen LogP contribution < -0.4 is 9.47 Å². The zero-order chi connectivity index (χ0) is 16.5. The highest BCUT2D eigenvalue weighted by Crippen LogP contribution is 2.31. The monoisotopic (exact) mass is 300 g/mol. The zero-order valence-corrected chi connectivity index (χ0v) is 14.2. The Hall–Kier alpha value is -2.03. The Bertz CT molecular complexity index is 688. The molecule has 118 valence electrons. The van der Waals surface area contributed by atoms with Gasteiger partial charge in [-0.25, -0.2) is 0 Å². The maximum Gasteiger partial charge on any atom is 0.153 e. The van der Waals surface area contributed by atoms with Crippen molar-refractivity contribution < 1.29 is 14.3 Å². The van der Waals surface area contributed by atoms with Gasteiger partial charge in [-0.1, -0.05) is 6.07 Å². The van der Waals surface area contributed by atoms with E-state index in [9.17, 15) is 4.79 Å². The molecule has 0 unspecified atom stereocenters. The highest BCUT2D eigenvalue weighted by molar-refractivity contribution is 5.93. The quantitative estimate of drug-likeness (QED) is 0.748. The molecule has 0 heterocycles. The minimum atomic E-state index is -0.347. The molecular weight excluding hydrogens is 276 g/mol. The van der Waals surface area contributed by atoms with E-state index >= 15 is 0 Å². The van der Waals surface area contributed by atoms with E-state index in [-0.39, 0.29) is 11.2 Å². The van der Waals surface area contributed by atoms with Crippen LogP contribution in [0.1, 0.15) is 51.9 Å². The third-order valence-electron chi connectivity index (χ3n) is 2.91. The lowest BCUT2D eigenvalue weighted by Crippen LogP contribution is -2.23. The summed E-state index contributed by atoms with van der Waals surface area (Å²) in [6, 6.07) is 9.63. The van der Waals surface area contributed by atoms with Gasteiger partial charge < -0.3 is 9.47 Å². The first kappa shape index (κ1) is 16.3. The summed E-state index contributed by atoms with van der Waals surface area (Å²) in [5, 5.41) is 1.98. The van der Waals surface area contributed by atoms with Crippen molar-refractivity contribution in [2.75, 3.05) is 0 Å². The fourth-order valence-corrected chi connectivity index (χ4v) is 2.20. The molecule has 0 amide bonds. The molecule has 3 nitrogen and oxygen atoms in total. The van der Waals surface area contributed by atoms with Crippen LogP contribution in [0.4, 0.5) is 0 Å². The molecule has 2 aromatic carbocycles. The molecule has 0 aliphatic heterocycles. The van der Waals surface area contributed by atoms with Crippen molar-refractivity contribution >= 4 is 17.1 Å². The number of hydrogen-bond acceptors (Lipinski definition) is 3. The van der Waals surface area contributed by atoms with Crippen LogP contribution in [0.25, 0.3) is 10.8 Å². The Kier molecular flexibility index (Phi) is 4.19. The first-order chi connectivity index (χ1) is 10.1. The van der Waals surface area contributed by atoms with E-state index < -0.39 is 0 Å². The number of aldehydes is 1. The molecule has 0 spiro atoms. The highest BCUT2D eigenvalue weighted by atomic mass is 16.5. The average Bonchev–Trinajstić information content (AvgIpc) is 2.34. The van der Waals surface area contributed by atoms with Crippen molar-refractivity contribution in [1.82, 2.24) is 0 Å². The molecular formula is C19H24O3. The van der Waals surface area contributed by atoms with Gasteiger partial charge >= 0.3 is 0 Å². The minimum Gasteiger partial charge on any atom is -0.488 e. The summed E-state index contributed by atoms with van der Waals surface area (Å²) in [6.07, 6.45) is 0.831. The standard InChI is InChI=1S/C19H24O3/c1-18(2,3)21-16-8-7-13-11-17(22-19(4,5)6)15(12-20)9-14(13)10-16/h7-12H,1-6H3. The van der Waals surface area contributed by atoms with Crippen LogP contribution >= 0.6 is 0 Å².